The van der Waals surface area contributed by atoms with Crippen molar-refractivity contribution in [3.8, 4) is 11.3 Å². The van der Waals surface area contributed by atoms with Crippen LogP contribution >= 0.6 is 22.9 Å². The zero-order chi connectivity index (χ0) is 23.8. The third-order valence-electron chi connectivity index (χ3n) is 4.91. The van der Waals surface area contributed by atoms with E-state index in [1.165, 1.54) is 23.5 Å². The number of ether oxygens (including phenoxy) is 1. The Hall–Kier alpha value is -2.17. The van der Waals surface area contributed by atoms with Gasteiger partial charge >= 0.3 is 6.18 Å². The number of likely N-dealkylation sites (N-methyl/N-ethyl adjacent to an activating group) is 1. The van der Waals surface area contributed by atoms with Crippen LogP contribution in [0.3, 0.4) is 0 Å². The maximum absolute atomic E-state index is 13.0. The molecule has 0 saturated heterocycles. The van der Waals surface area contributed by atoms with Gasteiger partial charge in [0.1, 0.15) is 0 Å². The molecule has 0 amide bonds. The Labute approximate surface area is 200 Å². The molecule has 3 rings (SSSR count). The van der Waals surface area contributed by atoms with Crippen molar-refractivity contribution in [2.75, 3.05) is 51.4 Å². The lowest BCUT2D eigenvalue weighted by atomic mass is 10.2. The van der Waals surface area contributed by atoms with E-state index in [0.29, 0.717) is 48.7 Å². The van der Waals surface area contributed by atoms with E-state index in [9.17, 15) is 13.2 Å². The summed E-state index contributed by atoms with van der Waals surface area (Å²) in [5.74, 6) is 0. The highest BCUT2D eigenvalue weighted by Gasteiger charge is 2.30. The first-order valence-corrected chi connectivity index (χ1v) is 11.6. The molecule has 0 bridgehead atoms. The molecule has 2 aromatic carbocycles. The van der Waals surface area contributed by atoms with Crippen molar-refractivity contribution in [2.45, 2.75) is 6.18 Å². The molecule has 0 spiro atoms. The fourth-order valence-corrected chi connectivity index (χ4v) is 4.17. The van der Waals surface area contributed by atoms with Gasteiger partial charge in [0.25, 0.3) is 0 Å². The van der Waals surface area contributed by atoms with Gasteiger partial charge in [-0.15, -0.1) is 11.3 Å². The SMILES string of the molecule is CN(CCO)CCOCCN(c1ccc(C(F)(F)F)cc1)c1nc(-c2cccc(Cl)c2)cs1. The minimum atomic E-state index is -4.39. The van der Waals surface area contributed by atoms with Crippen molar-refractivity contribution in [3.63, 3.8) is 0 Å². The summed E-state index contributed by atoms with van der Waals surface area (Å²) in [6, 6.07) is 12.4. The van der Waals surface area contributed by atoms with Gasteiger partial charge in [0.2, 0.25) is 0 Å². The largest absolute Gasteiger partial charge is 0.416 e. The van der Waals surface area contributed by atoms with Crippen LogP contribution in [0.1, 0.15) is 5.56 Å². The zero-order valence-electron chi connectivity index (χ0n) is 18.1. The lowest BCUT2D eigenvalue weighted by molar-refractivity contribution is -0.137. The fraction of sp³-hybridized carbons (Fsp3) is 0.348. The average Bonchev–Trinajstić information content (AvgIpc) is 3.26. The summed E-state index contributed by atoms with van der Waals surface area (Å²) in [6.45, 7) is 2.56. The molecule has 10 heteroatoms. The number of hydrogen-bond acceptors (Lipinski definition) is 6. The molecule has 33 heavy (non-hydrogen) atoms. The average molecular weight is 500 g/mol. The minimum Gasteiger partial charge on any atom is -0.395 e. The third-order valence-corrected chi connectivity index (χ3v) is 6.01. The number of aliphatic hydroxyl groups is 1. The van der Waals surface area contributed by atoms with Gasteiger partial charge < -0.3 is 19.6 Å². The number of rotatable bonds is 11. The molecular weight excluding hydrogens is 475 g/mol. The van der Waals surface area contributed by atoms with E-state index in [-0.39, 0.29) is 6.61 Å². The van der Waals surface area contributed by atoms with Crippen LogP contribution in [0.2, 0.25) is 5.02 Å². The summed E-state index contributed by atoms with van der Waals surface area (Å²) in [4.78, 5) is 8.49. The Morgan fingerprint density at radius 3 is 2.45 bits per heavy atom. The lowest BCUT2D eigenvalue weighted by Crippen LogP contribution is -2.28. The molecule has 0 saturated carbocycles. The van der Waals surface area contributed by atoms with Crippen molar-refractivity contribution in [1.29, 1.82) is 0 Å². The van der Waals surface area contributed by atoms with Gasteiger partial charge in [0, 0.05) is 41.3 Å². The molecule has 5 nitrogen and oxygen atoms in total. The predicted octanol–water partition coefficient (Wildman–Crippen LogP) is 5.56. The second kappa shape index (κ2) is 11.8. The topological polar surface area (TPSA) is 48.8 Å². The van der Waals surface area contributed by atoms with Crippen LogP contribution in [0.25, 0.3) is 11.3 Å². The Morgan fingerprint density at radius 2 is 1.79 bits per heavy atom. The van der Waals surface area contributed by atoms with E-state index in [0.717, 1.165) is 23.4 Å². The van der Waals surface area contributed by atoms with Crippen LogP contribution in [0.15, 0.2) is 53.9 Å². The quantitative estimate of drug-likeness (QED) is 0.350. The molecular formula is C23H25ClF3N3O2S. The Kier molecular flexibility index (Phi) is 9.10. The summed E-state index contributed by atoms with van der Waals surface area (Å²) >= 11 is 7.49. The van der Waals surface area contributed by atoms with Crippen LogP contribution in [0, 0.1) is 0 Å². The van der Waals surface area contributed by atoms with E-state index >= 15 is 0 Å². The molecule has 1 aromatic heterocycles. The highest BCUT2D eigenvalue weighted by molar-refractivity contribution is 7.14. The molecule has 1 N–H and O–H groups in total. The Balaban J connectivity index is 1.76. The summed E-state index contributed by atoms with van der Waals surface area (Å²) < 4.78 is 44.7. The molecule has 0 fully saturated rings. The highest BCUT2D eigenvalue weighted by atomic mass is 35.5. The first kappa shape index (κ1) is 25.5. The van der Waals surface area contributed by atoms with Gasteiger partial charge in [0.15, 0.2) is 5.13 Å². The van der Waals surface area contributed by atoms with Crippen molar-refractivity contribution in [3.05, 3.63) is 64.5 Å². The molecule has 0 aliphatic rings. The number of nitrogens with zero attached hydrogens (tertiary/aromatic N) is 3. The monoisotopic (exact) mass is 499 g/mol. The van der Waals surface area contributed by atoms with Gasteiger partial charge in [-0.25, -0.2) is 4.98 Å². The van der Waals surface area contributed by atoms with Crippen molar-refractivity contribution in [2.24, 2.45) is 0 Å². The molecule has 0 aliphatic heterocycles. The van der Waals surface area contributed by atoms with Crippen molar-refractivity contribution >= 4 is 33.8 Å². The first-order valence-electron chi connectivity index (χ1n) is 10.3. The van der Waals surface area contributed by atoms with E-state index < -0.39 is 11.7 Å². The van der Waals surface area contributed by atoms with Gasteiger partial charge in [-0.2, -0.15) is 13.2 Å². The van der Waals surface area contributed by atoms with Crippen LogP contribution in [0.4, 0.5) is 24.0 Å². The van der Waals surface area contributed by atoms with Crippen LogP contribution in [0.5, 0.6) is 0 Å². The number of benzene rings is 2. The molecule has 0 atom stereocenters. The van der Waals surface area contributed by atoms with Gasteiger partial charge in [-0.3, -0.25) is 0 Å². The smallest absolute Gasteiger partial charge is 0.395 e. The third kappa shape index (κ3) is 7.41. The van der Waals surface area contributed by atoms with Gasteiger partial charge in [0.05, 0.1) is 31.1 Å². The van der Waals surface area contributed by atoms with Crippen LogP contribution in [-0.2, 0) is 10.9 Å². The fourth-order valence-electron chi connectivity index (χ4n) is 3.09. The van der Waals surface area contributed by atoms with E-state index in [4.69, 9.17) is 26.4 Å². The summed E-state index contributed by atoms with van der Waals surface area (Å²) in [5.41, 5.74) is 1.49. The number of alkyl halides is 3. The number of anilines is 2. The predicted molar refractivity (Wildman–Crippen MR) is 126 cm³/mol. The lowest BCUT2D eigenvalue weighted by Gasteiger charge is -2.23. The highest BCUT2D eigenvalue weighted by Crippen LogP contribution is 2.35. The van der Waals surface area contributed by atoms with Crippen LogP contribution in [-0.4, -0.2) is 61.5 Å². The second-order valence-electron chi connectivity index (χ2n) is 7.36. The van der Waals surface area contributed by atoms with Crippen molar-refractivity contribution in [1.82, 2.24) is 9.88 Å². The second-order valence-corrected chi connectivity index (χ2v) is 8.63. The number of thiazole rings is 1. The number of aromatic nitrogens is 1. The maximum Gasteiger partial charge on any atom is 0.416 e. The molecule has 178 valence electrons. The number of aliphatic hydroxyl groups excluding tert-OH is 1. The normalized spacial score (nSPS) is 11.8. The molecule has 0 unspecified atom stereocenters. The summed E-state index contributed by atoms with van der Waals surface area (Å²) in [7, 11) is 1.89. The Morgan fingerprint density at radius 1 is 1.06 bits per heavy atom. The number of halogens is 4. The molecule has 1 heterocycles. The van der Waals surface area contributed by atoms with E-state index in [1.807, 2.05) is 40.4 Å². The molecule has 0 aliphatic carbocycles. The van der Waals surface area contributed by atoms with E-state index in [1.54, 1.807) is 6.07 Å². The first-order chi connectivity index (χ1) is 15.8. The molecule has 3 aromatic rings. The van der Waals surface area contributed by atoms with Crippen LogP contribution < -0.4 is 4.90 Å². The Bertz CT molecular complexity index is 1010. The maximum atomic E-state index is 13.0. The zero-order valence-corrected chi connectivity index (χ0v) is 19.6. The molecule has 0 radical (unpaired) electrons. The number of hydrogen-bond donors (Lipinski definition) is 1. The standard InChI is InChI=1S/C23H25ClF3N3O2S/c1-29(9-12-31)10-13-32-14-11-30(20-7-5-18(6-8-20)23(25,26)27)22-28-21(16-33-22)17-3-2-4-19(24)15-17/h2-8,15-16,31H,9-14H2,1H3. The summed E-state index contributed by atoms with van der Waals surface area (Å²) in [6.07, 6.45) is -4.39. The van der Waals surface area contributed by atoms with Gasteiger partial charge in [-0.1, -0.05) is 23.7 Å². The van der Waals surface area contributed by atoms with E-state index in [2.05, 4.69) is 0 Å². The van der Waals surface area contributed by atoms with Crippen molar-refractivity contribution < 1.29 is 23.0 Å². The van der Waals surface area contributed by atoms with Gasteiger partial charge in [-0.05, 0) is 43.4 Å². The minimum absolute atomic E-state index is 0.0806. The summed E-state index contributed by atoms with van der Waals surface area (Å²) in [5, 5.41) is 12.1.